The second kappa shape index (κ2) is 4.77. The van der Waals surface area contributed by atoms with E-state index in [2.05, 4.69) is 28.7 Å². The standard InChI is InChI=1S/C12H11N3S/c1-9(12-3-2-6-16-12)15-10-4-5-14-11(7-10)8-13/h2-7,9H,1H3,(H,14,15). The maximum absolute atomic E-state index is 8.74. The Hall–Kier alpha value is -1.86. The number of nitrogens with zero attached hydrogens (tertiary/aromatic N) is 2. The molecule has 0 saturated heterocycles. The fraction of sp³-hybridized carbons (Fsp3) is 0.167. The molecule has 2 rings (SSSR count). The van der Waals surface area contributed by atoms with Crippen LogP contribution in [0.3, 0.4) is 0 Å². The average Bonchev–Trinajstić information content (AvgIpc) is 2.83. The van der Waals surface area contributed by atoms with E-state index in [4.69, 9.17) is 5.26 Å². The molecule has 0 aliphatic heterocycles. The summed E-state index contributed by atoms with van der Waals surface area (Å²) in [5, 5.41) is 14.1. The van der Waals surface area contributed by atoms with E-state index >= 15 is 0 Å². The molecule has 0 aliphatic rings. The molecule has 0 fully saturated rings. The second-order valence-corrected chi connectivity index (χ2v) is 4.40. The van der Waals surface area contributed by atoms with Crippen molar-refractivity contribution in [2.24, 2.45) is 0 Å². The van der Waals surface area contributed by atoms with Gasteiger partial charge in [0.05, 0.1) is 6.04 Å². The van der Waals surface area contributed by atoms with Gasteiger partial charge in [-0.1, -0.05) is 6.07 Å². The fourth-order valence-corrected chi connectivity index (χ4v) is 2.17. The summed E-state index contributed by atoms with van der Waals surface area (Å²) in [6.45, 7) is 2.10. The molecule has 80 valence electrons. The number of aromatic nitrogens is 1. The van der Waals surface area contributed by atoms with Crippen molar-refractivity contribution in [2.75, 3.05) is 5.32 Å². The summed E-state index contributed by atoms with van der Waals surface area (Å²) in [5.74, 6) is 0. The highest BCUT2D eigenvalue weighted by Gasteiger charge is 2.06. The third-order valence-corrected chi connectivity index (χ3v) is 3.28. The van der Waals surface area contributed by atoms with Crippen LogP contribution >= 0.6 is 11.3 Å². The van der Waals surface area contributed by atoms with E-state index in [9.17, 15) is 0 Å². The summed E-state index contributed by atoms with van der Waals surface area (Å²) in [6, 6.07) is 10.0. The van der Waals surface area contributed by atoms with E-state index < -0.39 is 0 Å². The van der Waals surface area contributed by atoms with E-state index in [1.165, 1.54) is 4.88 Å². The summed E-state index contributed by atoms with van der Waals surface area (Å²) < 4.78 is 0. The summed E-state index contributed by atoms with van der Waals surface area (Å²) in [4.78, 5) is 5.20. The summed E-state index contributed by atoms with van der Waals surface area (Å²) in [6.07, 6.45) is 1.64. The molecule has 2 aromatic heterocycles. The van der Waals surface area contributed by atoms with Gasteiger partial charge in [0, 0.05) is 16.8 Å². The van der Waals surface area contributed by atoms with Gasteiger partial charge < -0.3 is 5.32 Å². The molecule has 0 saturated carbocycles. The molecule has 0 aliphatic carbocycles. The largest absolute Gasteiger partial charge is 0.378 e. The fourth-order valence-electron chi connectivity index (χ4n) is 1.44. The molecule has 0 amide bonds. The van der Waals surface area contributed by atoms with Crippen LogP contribution in [0.5, 0.6) is 0 Å². The lowest BCUT2D eigenvalue weighted by molar-refractivity contribution is 0.907. The van der Waals surface area contributed by atoms with Gasteiger partial charge in [0.15, 0.2) is 0 Å². The Morgan fingerprint density at radius 2 is 2.38 bits per heavy atom. The SMILES string of the molecule is CC(Nc1ccnc(C#N)c1)c1cccs1. The Balaban J connectivity index is 2.12. The van der Waals surface area contributed by atoms with Gasteiger partial charge in [-0.25, -0.2) is 4.98 Å². The van der Waals surface area contributed by atoms with Gasteiger partial charge in [0.1, 0.15) is 11.8 Å². The first kappa shape index (κ1) is 10.7. The molecule has 4 heteroatoms. The van der Waals surface area contributed by atoms with Gasteiger partial charge in [-0.05, 0) is 30.5 Å². The number of hydrogen-bond acceptors (Lipinski definition) is 4. The van der Waals surface area contributed by atoms with Crippen LogP contribution in [0.15, 0.2) is 35.8 Å². The maximum Gasteiger partial charge on any atom is 0.142 e. The van der Waals surface area contributed by atoms with Crippen LogP contribution in [0.25, 0.3) is 0 Å². The van der Waals surface area contributed by atoms with Crippen LogP contribution in [-0.4, -0.2) is 4.98 Å². The van der Waals surface area contributed by atoms with Crippen LogP contribution in [0.1, 0.15) is 23.5 Å². The predicted octanol–water partition coefficient (Wildman–Crippen LogP) is 3.19. The molecule has 0 spiro atoms. The highest BCUT2D eigenvalue weighted by molar-refractivity contribution is 7.10. The highest BCUT2D eigenvalue weighted by atomic mass is 32.1. The minimum absolute atomic E-state index is 0.244. The Bertz CT molecular complexity index is 499. The van der Waals surface area contributed by atoms with Crippen molar-refractivity contribution in [3.63, 3.8) is 0 Å². The summed E-state index contributed by atoms with van der Waals surface area (Å²) in [7, 11) is 0. The van der Waals surface area contributed by atoms with Crippen molar-refractivity contribution in [3.8, 4) is 6.07 Å². The van der Waals surface area contributed by atoms with Crippen molar-refractivity contribution in [1.82, 2.24) is 4.98 Å². The lowest BCUT2D eigenvalue weighted by atomic mass is 10.2. The quantitative estimate of drug-likeness (QED) is 0.879. The number of pyridine rings is 1. The lowest BCUT2D eigenvalue weighted by Crippen LogP contribution is -2.05. The molecule has 2 heterocycles. The van der Waals surface area contributed by atoms with E-state index in [0.29, 0.717) is 5.69 Å². The topological polar surface area (TPSA) is 48.7 Å². The average molecular weight is 229 g/mol. The van der Waals surface area contributed by atoms with Crippen LogP contribution in [0.4, 0.5) is 5.69 Å². The maximum atomic E-state index is 8.74. The van der Waals surface area contributed by atoms with Crippen molar-refractivity contribution >= 4 is 17.0 Å². The Morgan fingerprint density at radius 3 is 3.06 bits per heavy atom. The molecule has 0 aromatic carbocycles. The van der Waals surface area contributed by atoms with Gasteiger partial charge in [0.25, 0.3) is 0 Å². The zero-order valence-corrected chi connectivity index (χ0v) is 9.66. The number of nitrogens with one attached hydrogen (secondary N) is 1. The minimum atomic E-state index is 0.244. The van der Waals surface area contributed by atoms with Gasteiger partial charge in [-0.2, -0.15) is 5.26 Å². The molecule has 2 aromatic rings. The van der Waals surface area contributed by atoms with Crippen LogP contribution in [-0.2, 0) is 0 Å². The number of thiophene rings is 1. The molecule has 1 N–H and O–H groups in total. The summed E-state index contributed by atoms with van der Waals surface area (Å²) >= 11 is 1.72. The first-order chi connectivity index (χ1) is 7.79. The van der Waals surface area contributed by atoms with Crippen LogP contribution < -0.4 is 5.32 Å². The highest BCUT2D eigenvalue weighted by Crippen LogP contribution is 2.22. The zero-order valence-electron chi connectivity index (χ0n) is 8.84. The number of anilines is 1. The smallest absolute Gasteiger partial charge is 0.142 e. The van der Waals surface area contributed by atoms with Crippen molar-refractivity contribution in [1.29, 1.82) is 5.26 Å². The molecule has 3 nitrogen and oxygen atoms in total. The lowest BCUT2D eigenvalue weighted by Gasteiger charge is -2.13. The molecule has 16 heavy (non-hydrogen) atoms. The molecular formula is C12H11N3S. The first-order valence-corrected chi connectivity index (χ1v) is 5.83. The van der Waals surface area contributed by atoms with E-state index in [1.807, 2.05) is 18.2 Å². The molecule has 0 radical (unpaired) electrons. The summed E-state index contributed by atoms with van der Waals surface area (Å²) in [5.41, 5.74) is 1.36. The molecule has 1 atom stereocenters. The minimum Gasteiger partial charge on any atom is -0.378 e. The van der Waals surface area contributed by atoms with Gasteiger partial charge in [0.2, 0.25) is 0 Å². The predicted molar refractivity (Wildman–Crippen MR) is 65.3 cm³/mol. The molecule has 0 bridgehead atoms. The molecule has 1 unspecified atom stereocenters. The van der Waals surface area contributed by atoms with E-state index in [1.54, 1.807) is 23.6 Å². The van der Waals surface area contributed by atoms with E-state index in [-0.39, 0.29) is 6.04 Å². The Morgan fingerprint density at radius 1 is 1.50 bits per heavy atom. The first-order valence-electron chi connectivity index (χ1n) is 4.95. The third kappa shape index (κ3) is 2.38. The van der Waals surface area contributed by atoms with Crippen molar-refractivity contribution < 1.29 is 0 Å². The Kier molecular flexibility index (Phi) is 3.18. The number of nitriles is 1. The van der Waals surface area contributed by atoms with E-state index in [0.717, 1.165) is 5.69 Å². The molecular weight excluding hydrogens is 218 g/mol. The van der Waals surface area contributed by atoms with Crippen molar-refractivity contribution in [2.45, 2.75) is 13.0 Å². The zero-order chi connectivity index (χ0) is 11.4. The van der Waals surface area contributed by atoms with Gasteiger partial charge in [-0.3, -0.25) is 0 Å². The normalized spacial score (nSPS) is 11.8. The number of rotatable bonds is 3. The number of hydrogen-bond donors (Lipinski definition) is 1. The van der Waals surface area contributed by atoms with Gasteiger partial charge in [-0.15, -0.1) is 11.3 Å². The Labute approximate surface area is 98.4 Å². The second-order valence-electron chi connectivity index (χ2n) is 3.42. The van der Waals surface area contributed by atoms with Crippen LogP contribution in [0.2, 0.25) is 0 Å². The van der Waals surface area contributed by atoms with Crippen LogP contribution in [0, 0.1) is 11.3 Å². The third-order valence-electron chi connectivity index (χ3n) is 2.23. The monoisotopic (exact) mass is 229 g/mol. The van der Waals surface area contributed by atoms with Gasteiger partial charge >= 0.3 is 0 Å². The van der Waals surface area contributed by atoms with Crippen molar-refractivity contribution in [3.05, 3.63) is 46.4 Å².